The van der Waals surface area contributed by atoms with E-state index >= 15 is 0 Å². The van der Waals surface area contributed by atoms with Gasteiger partial charge in [-0.2, -0.15) is 0 Å². The van der Waals surface area contributed by atoms with Crippen molar-refractivity contribution in [3.05, 3.63) is 10.9 Å². The summed E-state index contributed by atoms with van der Waals surface area (Å²) in [5.41, 5.74) is 0. The van der Waals surface area contributed by atoms with Crippen LogP contribution in [-0.2, 0) is 0 Å². The Kier molecular flexibility index (Phi) is 4.85. The molecule has 0 radical (unpaired) electrons. The molecule has 0 aliphatic heterocycles. The second-order valence-corrected chi connectivity index (χ2v) is 4.22. The van der Waals surface area contributed by atoms with Crippen molar-refractivity contribution >= 4 is 21.8 Å². The third kappa shape index (κ3) is 5.88. The summed E-state index contributed by atoms with van der Waals surface area (Å²) in [5, 5.41) is 6.08. The molecule has 0 aromatic carbocycles. The average molecular weight is 165 g/mol. The minimum Gasteiger partial charge on any atom is -0.375 e. The first-order chi connectivity index (χ1) is 4.16. The van der Waals surface area contributed by atoms with Crippen LogP contribution in [0, 0.1) is 0 Å². The van der Waals surface area contributed by atoms with Gasteiger partial charge >= 0.3 is 0 Å². The zero-order valence-corrected chi connectivity index (χ0v) is 8.79. The molecule has 0 saturated carbocycles. The van der Waals surface area contributed by atoms with Crippen molar-refractivity contribution in [2.75, 3.05) is 7.05 Å². The molecule has 0 aliphatic rings. The molecule has 2 N–H and O–H groups in total. The Hall–Kier alpha value is 0.00688. The van der Waals surface area contributed by atoms with Crippen molar-refractivity contribution in [1.29, 1.82) is 0 Å². The molecular weight excluding hydrogens is 152 g/mol. The van der Waals surface area contributed by atoms with Crippen LogP contribution in [0.4, 0.5) is 0 Å². The monoisotopic (exact) mass is 164 g/mol. The number of halogens is 1. The van der Waals surface area contributed by atoms with Gasteiger partial charge in [-0.25, -0.2) is 0 Å². The number of hydrogen-bond acceptors (Lipinski definition) is 2. The molecule has 0 aromatic heterocycles. The predicted molar refractivity (Wildman–Crippen MR) is 45.5 cm³/mol. The molecule has 1 atom stereocenters. The molecule has 0 bridgehead atoms. The average Bonchev–Trinajstić information content (AvgIpc) is 1.83. The highest BCUT2D eigenvalue weighted by molar-refractivity contribution is 6.52. The van der Waals surface area contributed by atoms with E-state index in [2.05, 4.69) is 10.6 Å². The Morgan fingerprint density at radius 1 is 1.78 bits per heavy atom. The lowest BCUT2D eigenvalue weighted by Gasteiger charge is -2.09. The third-order valence-electron chi connectivity index (χ3n) is 0.965. The van der Waals surface area contributed by atoms with Gasteiger partial charge in [-0.3, -0.25) is 0 Å². The highest BCUT2D eigenvalue weighted by Crippen LogP contribution is 1.89. The minimum absolute atomic E-state index is 0.299. The molecule has 0 amide bonds. The van der Waals surface area contributed by atoms with Crippen molar-refractivity contribution in [2.45, 2.75) is 13.1 Å². The molecule has 1 unspecified atom stereocenters. The lowest BCUT2D eigenvalue weighted by molar-refractivity contribution is 0.558. The van der Waals surface area contributed by atoms with E-state index in [-0.39, 0.29) is 0 Å². The maximum Gasteiger partial charge on any atom is 0.0732 e. The van der Waals surface area contributed by atoms with Gasteiger partial charge in [0.1, 0.15) is 0 Å². The third-order valence-corrected chi connectivity index (χ3v) is 1.36. The van der Waals surface area contributed by atoms with Gasteiger partial charge in [0.2, 0.25) is 0 Å². The molecular formula is C5H13ClN2Si. The van der Waals surface area contributed by atoms with E-state index in [1.807, 2.05) is 20.2 Å². The Labute approximate surface area is 64.1 Å². The molecule has 0 rings (SSSR count). The van der Waals surface area contributed by atoms with Crippen LogP contribution in [0.5, 0.6) is 0 Å². The second-order valence-electron chi connectivity index (χ2n) is 1.91. The summed E-state index contributed by atoms with van der Waals surface area (Å²) in [6.07, 6.45) is 2.13. The van der Waals surface area contributed by atoms with Gasteiger partial charge in [-0.05, 0) is 14.0 Å². The molecule has 0 spiro atoms. The van der Waals surface area contributed by atoms with E-state index in [1.54, 1.807) is 0 Å². The number of nitrogens with one attached hydrogen (secondary N) is 2. The summed E-state index contributed by atoms with van der Waals surface area (Å²) in [6, 6.07) is 0. The summed E-state index contributed by atoms with van der Waals surface area (Å²) >= 11 is 5.61. The van der Waals surface area contributed by atoms with Crippen molar-refractivity contribution in [3.63, 3.8) is 0 Å². The van der Waals surface area contributed by atoms with Gasteiger partial charge in [-0.1, -0.05) is 11.6 Å². The number of hydrogen-bond donors (Lipinski definition) is 2. The SMILES string of the molecule is CNC(C)NC=C([SiH3])Cl. The fourth-order valence-corrected chi connectivity index (χ4v) is 0.553. The zero-order valence-electron chi connectivity index (χ0n) is 6.03. The summed E-state index contributed by atoms with van der Waals surface area (Å²) < 4.78 is 0.900. The molecule has 0 heterocycles. The van der Waals surface area contributed by atoms with Gasteiger partial charge in [-0.15, -0.1) is 0 Å². The van der Waals surface area contributed by atoms with E-state index in [0.717, 1.165) is 14.9 Å². The summed E-state index contributed by atoms with van der Waals surface area (Å²) in [6.45, 7) is 2.03. The van der Waals surface area contributed by atoms with Crippen LogP contribution < -0.4 is 10.6 Å². The van der Waals surface area contributed by atoms with E-state index in [0.29, 0.717) is 6.17 Å². The largest absolute Gasteiger partial charge is 0.375 e. The molecule has 54 valence electrons. The van der Waals surface area contributed by atoms with Gasteiger partial charge in [0.15, 0.2) is 0 Å². The van der Waals surface area contributed by atoms with Crippen LogP contribution in [0.25, 0.3) is 0 Å². The molecule has 9 heavy (non-hydrogen) atoms. The van der Waals surface area contributed by atoms with E-state index in [9.17, 15) is 0 Å². The fourth-order valence-electron chi connectivity index (χ4n) is 0.323. The lowest BCUT2D eigenvalue weighted by Crippen LogP contribution is -2.33. The first-order valence-electron chi connectivity index (χ1n) is 2.92. The fraction of sp³-hybridized carbons (Fsp3) is 0.600. The normalized spacial score (nSPS) is 15.7. The predicted octanol–water partition coefficient (Wildman–Crippen LogP) is -0.455. The highest BCUT2D eigenvalue weighted by Gasteiger charge is 1.89. The van der Waals surface area contributed by atoms with Crippen LogP contribution in [0.1, 0.15) is 6.92 Å². The first kappa shape index (κ1) is 9.01. The first-order valence-corrected chi connectivity index (χ1v) is 4.30. The topological polar surface area (TPSA) is 24.1 Å². The summed E-state index contributed by atoms with van der Waals surface area (Å²) in [5.74, 6) is 0. The van der Waals surface area contributed by atoms with Gasteiger partial charge < -0.3 is 10.6 Å². The molecule has 2 nitrogen and oxygen atoms in total. The lowest BCUT2D eigenvalue weighted by atomic mass is 10.6. The van der Waals surface area contributed by atoms with Crippen LogP contribution in [0.15, 0.2) is 10.9 Å². The highest BCUT2D eigenvalue weighted by atomic mass is 35.5. The Morgan fingerprint density at radius 3 is 2.67 bits per heavy atom. The van der Waals surface area contributed by atoms with Crippen molar-refractivity contribution < 1.29 is 0 Å². The Balaban J connectivity index is 3.37. The summed E-state index contributed by atoms with van der Waals surface area (Å²) in [7, 11) is 2.81. The minimum atomic E-state index is 0.299. The second kappa shape index (κ2) is 4.85. The summed E-state index contributed by atoms with van der Waals surface area (Å²) in [4.78, 5) is 0. The van der Waals surface area contributed by atoms with Gasteiger partial charge in [0, 0.05) is 10.9 Å². The number of rotatable bonds is 3. The standard InChI is InChI=1S/C5H13ClN2Si/c1-4(7-2)8-3-5(6)9/h3-4,7-8H,1-2,9H3. The van der Waals surface area contributed by atoms with Crippen LogP contribution in [0.3, 0.4) is 0 Å². The van der Waals surface area contributed by atoms with Crippen molar-refractivity contribution in [1.82, 2.24) is 10.6 Å². The molecule has 0 saturated heterocycles. The molecule has 0 fully saturated rings. The van der Waals surface area contributed by atoms with Crippen LogP contribution in [-0.4, -0.2) is 23.5 Å². The van der Waals surface area contributed by atoms with E-state index in [4.69, 9.17) is 11.6 Å². The van der Waals surface area contributed by atoms with Crippen LogP contribution >= 0.6 is 11.6 Å². The van der Waals surface area contributed by atoms with Gasteiger partial charge in [0.05, 0.1) is 16.4 Å². The zero-order chi connectivity index (χ0) is 7.28. The maximum atomic E-state index is 5.61. The molecule has 4 heteroatoms. The van der Waals surface area contributed by atoms with Crippen molar-refractivity contribution in [2.24, 2.45) is 0 Å². The van der Waals surface area contributed by atoms with Crippen molar-refractivity contribution in [3.8, 4) is 0 Å². The smallest absolute Gasteiger partial charge is 0.0732 e. The quantitative estimate of drug-likeness (QED) is 0.436. The Morgan fingerprint density at radius 2 is 2.33 bits per heavy atom. The molecule has 0 aromatic rings. The van der Waals surface area contributed by atoms with Gasteiger partial charge in [0.25, 0.3) is 0 Å². The maximum absolute atomic E-state index is 5.61. The van der Waals surface area contributed by atoms with E-state index < -0.39 is 0 Å². The van der Waals surface area contributed by atoms with E-state index in [1.165, 1.54) is 0 Å². The molecule has 0 aliphatic carbocycles. The Bertz CT molecular complexity index is 101. The van der Waals surface area contributed by atoms with Crippen LogP contribution in [0.2, 0.25) is 0 Å².